The summed E-state index contributed by atoms with van der Waals surface area (Å²) in [5, 5.41) is 5.11. The summed E-state index contributed by atoms with van der Waals surface area (Å²) in [5.41, 5.74) is 1.96. The summed E-state index contributed by atoms with van der Waals surface area (Å²) >= 11 is 1.36. The van der Waals surface area contributed by atoms with Crippen molar-refractivity contribution in [1.29, 1.82) is 0 Å². The number of aromatic nitrogens is 4. The smallest absolute Gasteiger partial charge is 0.348 e. The quantitative estimate of drug-likeness (QED) is 0.652. The van der Waals surface area contributed by atoms with Gasteiger partial charge in [0.25, 0.3) is 0 Å². The minimum absolute atomic E-state index is 0.304. The molecule has 7 nitrogen and oxygen atoms in total. The van der Waals surface area contributed by atoms with Gasteiger partial charge in [0, 0.05) is 32.4 Å². The third-order valence-electron chi connectivity index (χ3n) is 3.88. The number of hydrogen-bond donors (Lipinski definition) is 0. The summed E-state index contributed by atoms with van der Waals surface area (Å²) in [6.45, 7) is 6.61. The van der Waals surface area contributed by atoms with E-state index in [0.717, 1.165) is 27.2 Å². The lowest BCUT2D eigenvalue weighted by Gasteiger charge is -2.19. The predicted molar refractivity (Wildman–Crippen MR) is 98.2 cm³/mol. The van der Waals surface area contributed by atoms with Crippen molar-refractivity contribution in [3.8, 4) is 0 Å². The van der Waals surface area contributed by atoms with E-state index in [-0.39, 0.29) is 5.97 Å². The molecule has 0 unspecified atom stereocenters. The first kappa shape index (κ1) is 17.3. The van der Waals surface area contributed by atoms with Crippen molar-refractivity contribution in [1.82, 2.24) is 19.7 Å². The average Bonchev–Trinajstić information content (AvgIpc) is 3.10. The van der Waals surface area contributed by atoms with Crippen molar-refractivity contribution in [2.45, 2.75) is 27.3 Å². The van der Waals surface area contributed by atoms with Crippen molar-refractivity contribution in [3.63, 3.8) is 0 Å². The highest BCUT2D eigenvalue weighted by Crippen LogP contribution is 2.35. The number of fused-ring (bicyclic) bond motifs is 1. The van der Waals surface area contributed by atoms with Gasteiger partial charge in [-0.25, -0.2) is 14.8 Å². The normalized spacial score (nSPS) is 11.1. The number of nitrogens with zero attached hydrogens (tertiary/aromatic N) is 5. The van der Waals surface area contributed by atoms with Crippen LogP contribution in [0, 0.1) is 13.8 Å². The zero-order valence-corrected chi connectivity index (χ0v) is 15.8. The lowest BCUT2D eigenvalue weighted by atomic mass is 10.2. The molecule has 0 N–H and O–H groups in total. The Morgan fingerprint density at radius 3 is 2.76 bits per heavy atom. The molecule has 0 atom stereocenters. The number of aryl methyl sites for hydroxylation is 3. The molecule has 0 aliphatic rings. The maximum absolute atomic E-state index is 12.2. The third kappa shape index (κ3) is 3.34. The van der Waals surface area contributed by atoms with E-state index < -0.39 is 0 Å². The molecular weight excluding hydrogens is 338 g/mol. The van der Waals surface area contributed by atoms with Crippen LogP contribution in [0.1, 0.15) is 33.5 Å². The summed E-state index contributed by atoms with van der Waals surface area (Å²) in [4.78, 5) is 24.8. The van der Waals surface area contributed by atoms with Crippen LogP contribution in [0.3, 0.4) is 0 Å². The van der Waals surface area contributed by atoms with E-state index in [1.807, 2.05) is 40.3 Å². The summed E-state index contributed by atoms with van der Waals surface area (Å²) in [6.07, 6.45) is 3.82. The molecule has 8 heteroatoms. The van der Waals surface area contributed by atoms with Gasteiger partial charge in [-0.3, -0.25) is 4.68 Å². The van der Waals surface area contributed by atoms with Crippen molar-refractivity contribution < 1.29 is 9.53 Å². The van der Waals surface area contributed by atoms with Gasteiger partial charge in [0.1, 0.15) is 21.3 Å². The Labute approximate surface area is 150 Å². The van der Waals surface area contributed by atoms with Gasteiger partial charge in [0.15, 0.2) is 0 Å². The van der Waals surface area contributed by atoms with Crippen LogP contribution in [0.4, 0.5) is 5.82 Å². The maximum atomic E-state index is 12.2. The molecule has 3 aromatic rings. The predicted octanol–water partition coefficient (Wildman–Crippen LogP) is 2.85. The fourth-order valence-electron chi connectivity index (χ4n) is 2.79. The minimum Gasteiger partial charge on any atom is -0.462 e. The van der Waals surface area contributed by atoms with Crippen LogP contribution in [0.15, 0.2) is 12.4 Å². The lowest BCUT2D eigenvalue weighted by molar-refractivity contribution is 0.0531. The van der Waals surface area contributed by atoms with Crippen LogP contribution in [0.5, 0.6) is 0 Å². The zero-order valence-electron chi connectivity index (χ0n) is 15.0. The van der Waals surface area contributed by atoms with E-state index in [0.29, 0.717) is 23.9 Å². The van der Waals surface area contributed by atoms with Crippen LogP contribution >= 0.6 is 11.3 Å². The van der Waals surface area contributed by atoms with E-state index in [4.69, 9.17) is 4.74 Å². The first-order chi connectivity index (χ1) is 11.9. The van der Waals surface area contributed by atoms with Gasteiger partial charge in [0.05, 0.1) is 18.2 Å². The Morgan fingerprint density at radius 1 is 1.36 bits per heavy atom. The van der Waals surface area contributed by atoms with E-state index in [2.05, 4.69) is 20.0 Å². The minimum atomic E-state index is -0.304. The molecular formula is C17H21N5O2S. The Morgan fingerprint density at radius 2 is 2.12 bits per heavy atom. The van der Waals surface area contributed by atoms with Gasteiger partial charge in [-0.1, -0.05) is 0 Å². The zero-order chi connectivity index (χ0) is 18.1. The van der Waals surface area contributed by atoms with Gasteiger partial charge in [0.2, 0.25) is 0 Å². The fraction of sp³-hybridized carbons (Fsp3) is 0.412. The van der Waals surface area contributed by atoms with Crippen molar-refractivity contribution in [2.24, 2.45) is 7.05 Å². The number of ether oxygens (including phenoxy) is 1. The number of rotatable bonds is 5. The van der Waals surface area contributed by atoms with Crippen LogP contribution in [0.25, 0.3) is 10.2 Å². The first-order valence-electron chi connectivity index (χ1n) is 8.04. The average molecular weight is 359 g/mol. The SMILES string of the molecule is CCOC(=O)c1sc2nc(C)nc(N(C)Cc3cnn(C)c3)c2c1C. The van der Waals surface area contributed by atoms with Gasteiger partial charge < -0.3 is 9.64 Å². The summed E-state index contributed by atoms with van der Waals surface area (Å²) in [6, 6.07) is 0. The standard InChI is InChI=1S/C17H21N5O2S/c1-6-24-17(23)14-10(2)13-15(19-11(3)20-16(13)25-14)21(4)8-12-7-18-22(5)9-12/h7,9H,6,8H2,1-5H3. The molecule has 0 saturated carbocycles. The molecule has 0 bridgehead atoms. The van der Waals surface area contributed by atoms with Gasteiger partial charge in [-0.2, -0.15) is 5.10 Å². The number of carbonyl (C=O) groups is 1. The highest BCUT2D eigenvalue weighted by molar-refractivity contribution is 7.20. The molecule has 0 fully saturated rings. The Bertz CT molecular complexity index is 931. The Balaban J connectivity index is 2.06. The van der Waals surface area contributed by atoms with Crippen molar-refractivity contribution >= 4 is 33.3 Å². The first-order valence-corrected chi connectivity index (χ1v) is 8.85. The molecule has 3 heterocycles. The highest BCUT2D eigenvalue weighted by atomic mass is 32.1. The second-order valence-corrected chi connectivity index (χ2v) is 6.93. The second kappa shape index (κ2) is 6.79. The summed E-state index contributed by atoms with van der Waals surface area (Å²) in [5.74, 6) is 1.19. The largest absolute Gasteiger partial charge is 0.462 e. The van der Waals surface area contributed by atoms with E-state index in [9.17, 15) is 4.79 Å². The molecule has 132 valence electrons. The van der Waals surface area contributed by atoms with Crippen molar-refractivity contribution in [2.75, 3.05) is 18.6 Å². The second-order valence-electron chi connectivity index (χ2n) is 5.93. The maximum Gasteiger partial charge on any atom is 0.348 e. The van der Waals surface area contributed by atoms with Gasteiger partial charge >= 0.3 is 5.97 Å². The highest BCUT2D eigenvalue weighted by Gasteiger charge is 2.22. The molecule has 3 aromatic heterocycles. The summed E-state index contributed by atoms with van der Waals surface area (Å²) < 4.78 is 6.94. The number of carbonyl (C=O) groups excluding carboxylic acids is 1. The number of thiophene rings is 1. The Hall–Kier alpha value is -2.48. The number of esters is 1. The van der Waals surface area contributed by atoms with E-state index in [1.54, 1.807) is 11.6 Å². The monoisotopic (exact) mass is 359 g/mol. The van der Waals surface area contributed by atoms with E-state index in [1.165, 1.54) is 11.3 Å². The molecule has 0 spiro atoms. The molecule has 0 radical (unpaired) electrons. The molecule has 3 rings (SSSR count). The van der Waals surface area contributed by atoms with Gasteiger partial charge in [-0.05, 0) is 26.3 Å². The molecule has 0 amide bonds. The fourth-order valence-corrected chi connectivity index (χ4v) is 3.91. The van der Waals surface area contributed by atoms with Crippen molar-refractivity contribution in [3.05, 3.63) is 34.2 Å². The Kier molecular flexibility index (Phi) is 4.71. The van der Waals surface area contributed by atoms with Crippen LogP contribution < -0.4 is 4.90 Å². The number of anilines is 1. The molecule has 0 aliphatic carbocycles. The number of hydrogen-bond acceptors (Lipinski definition) is 7. The molecule has 0 aromatic carbocycles. The molecule has 0 saturated heterocycles. The lowest BCUT2D eigenvalue weighted by Crippen LogP contribution is -2.18. The van der Waals surface area contributed by atoms with Gasteiger partial charge in [-0.15, -0.1) is 11.3 Å². The van der Waals surface area contributed by atoms with Crippen LogP contribution in [-0.2, 0) is 18.3 Å². The molecule has 0 aliphatic heterocycles. The van der Waals surface area contributed by atoms with E-state index >= 15 is 0 Å². The van der Waals surface area contributed by atoms with Crippen LogP contribution in [0.2, 0.25) is 0 Å². The summed E-state index contributed by atoms with van der Waals surface area (Å²) in [7, 11) is 3.88. The topological polar surface area (TPSA) is 73.1 Å². The molecule has 25 heavy (non-hydrogen) atoms. The third-order valence-corrected chi connectivity index (χ3v) is 5.05. The van der Waals surface area contributed by atoms with Crippen LogP contribution in [-0.4, -0.2) is 39.4 Å².